The van der Waals surface area contributed by atoms with Crippen LogP contribution in [0.1, 0.15) is 23.3 Å². The van der Waals surface area contributed by atoms with Crippen molar-refractivity contribution in [3.8, 4) is 11.5 Å². The number of fused-ring (bicyclic) bond motifs is 1. The molecule has 1 aliphatic rings. The van der Waals surface area contributed by atoms with Crippen LogP contribution in [0.15, 0.2) is 48.5 Å². The molecule has 0 atom stereocenters. The van der Waals surface area contributed by atoms with Gasteiger partial charge in [-0.05, 0) is 48.5 Å². The smallest absolute Gasteiger partial charge is 0.270 e. The Balaban J connectivity index is 1.43. The topological polar surface area (TPSA) is 43.7 Å². The van der Waals surface area contributed by atoms with Crippen LogP contribution in [0.3, 0.4) is 0 Å². The van der Waals surface area contributed by atoms with Gasteiger partial charge in [-0.15, -0.1) is 0 Å². The van der Waals surface area contributed by atoms with Crippen molar-refractivity contribution in [1.82, 2.24) is 9.47 Å². The molecule has 1 aromatic heterocycles. The lowest BCUT2D eigenvalue weighted by Crippen LogP contribution is -2.42. The van der Waals surface area contributed by atoms with E-state index in [4.69, 9.17) is 21.1 Å². The Labute approximate surface area is 169 Å². The van der Waals surface area contributed by atoms with Crippen molar-refractivity contribution in [3.63, 3.8) is 0 Å². The molecule has 146 valence electrons. The Morgan fingerprint density at radius 2 is 1.71 bits per heavy atom. The highest BCUT2D eigenvalue weighted by molar-refractivity contribution is 6.30. The summed E-state index contributed by atoms with van der Waals surface area (Å²) in [5, 5.41) is 1.70. The van der Waals surface area contributed by atoms with Gasteiger partial charge in [0.1, 0.15) is 23.3 Å². The number of methoxy groups -OCH3 is 1. The molecule has 0 unspecified atom stereocenters. The van der Waals surface area contributed by atoms with Gasteiger partial charge < -0.3 is 18.9 Å². The predicted molar refractivity (Wildman–Crippen MR) is 110 cm³/mol. The first-order valence-corrected chi connectivity index (χ1v) is 9.78. The van der Waals surface area contributed by atoms with E-state index in [0.717, 1.165) is 35.2 Å². The number of aromatic nitrogens is 1. The normalized spacial score (nSPS) is 15.0. The molecule has 0 radical (unpaired) electrons. The summed E-state index contributed by atoms with van der Waals surface area (Å²) in [5.74, 6) is 1.66. The zero-order chi connectivity index (χ0) is 19.7. The monoisotopic (exact) mass is 398 g/mol. The van der Waals surface area contributed by atoms with Crippen LogP contribution in [0.2, 0.25) is 5.02 Å². The summed E-state index contributed by atoms with van der Waals surface area (Å²) in [7, 11) is 3.57. The average molecular weight is 399 g/mol. The largest absolute Gasteiger partial charge is 0.497 e. The van der Waals surface area contributed by atoms with Crippen LogP contribution in [0, 0.1) is 0 Å². The van der Waals surface area contributed by atoms with Crippen LogP contribution in [0.5, 0.6) is 11.5 Å². The van der Waals surface area contributed by atoms with E-state index in [1.807, 2.05) is 65.0 Å². The number of piperidine rings is 1. The first kappa shape index (κ1) is 18.7. The SMILES string of the molecule is COc1ccc2c(c1)cc(C(=O)N1CCC(Oc3ccc(Cl)cc3)CC1)n2C. The zero-order valence-electron chi connectivity index (χ0n) is 16.0. The van der Waals surface area contributed by atoms with Gasteiger partial charge in [0.05, 0.1) is 7.11 Å². The number of carbonyl (C=O) groups excluding carboxylic acids is 1. The Morgan fingerprint density at radius 3 is 2.39 bits per heavy atom. The number of aryl methyl sites for hydroxylation is 1. The molecule has 5 nitrogen and oxygen atoms in total. The van der Waals surface area contributed by atoms with Crippen molar-refractivity contribution in [3.05, 3.63) is 59.2 Å². The van der Waals surface area contributed by atoms with Gasteiger partial charge in [-0.1, -0.05) is 11.6 Å². The van der Waals surface area contributed by atoms with Gasteiger partial charge in [-0.25, -0.2) is 0 Å². The molecule has 2 aromatic carbocycles. The van der Waals surface area contributed by atoms with E-state index < -0.39 is 0 Å². The summed E-state index contributed by atoms with van der Waals surface area (Å²) in [6, 6.07) is 15.2. The maximum atomic E-state index is 13.1. The minimum atomic E-state index is 0.0580. The number of carbonyl (C=O) groups is 1. The van der Waals surface area contributed by atoms with Gasteiger partial charge in [-0.3, -0.25) is 4.79 Å². The Morgan fingerprint density at radius 1 is 1.04 bits per heavy atom. The van der Waals surface area contributed by atoms with Gasteiger partial charge in [0.25, 0.3) is 5.91 Å². The molecule has 6 heteroatoms. The third kappa shape index (κ3) is 3.67. The highest BCUT2D eigenvalue weighted by atomic mass is 35.5. The van der Waals surface area contributed by atoms with E-state index in [9.17, 15) is 4.79 Å². The molecular weight excluding hydrogens is 376 g/mol. The maximum absolute atomic E-state index is 13.1. The Hall–Kier alpha value is -2.66. The lowest BCUT2D eigenvalue weighted by atomic mass is 10.1. The average Bonchev–Trinajstić information content (AvgIpc) is 3.05. The number of amides is 1. The molecule has 2 heterocycles. The van der Waals surface area contributed by atoms with E-state index in [1.54, 1.807) is 7.11 Å². The van der Waals surface area contributed by atoms with E-state index >= 15 is 0 Å². The summed E-state index contributed by atoms with van der Waals surface area (Å²) in [6.07, 6.45) is 1.74. The molecule has 3 aromatic rings. The molecule has 0 bridgehead atoms. The number of benzene rings is 2. The second-order valence-corrected chi connectivity index (χ2v) is 7.51. The minimum absolute atomic E-state index is 0.0580. The molecule has 0 spiro atoms. The van der Waals surface area contributed by atoms with Crippen LogP contribution >= 0.6 is 11.6 Å². The van der Waals surface area contributed by atoms with Crippen molar-refractivity contribution in [2.24, 2.45) is 7.05 Å². The number of rotatable bonds is 4. The van der Waals surface area contributed by atoms with Crippen LogP contribution in [0.4, 0.5) is 0 Å². The van der Waals surface area contributed by atoms with Crippen LogP contribution in [-0.4, -0.2) is 41.7 Å². The summed E-state index contributed by atoms with van der Waals surface area (Å²) < 4.78 is 13.3. The Kier molecular flexibility index (Phi) is 5.18. The fourth-order valence-electron chi connectivity index (χ4n) is 3.70. The van der Waals surface area contributed by atoms with Gasteiger partial charge in [-0.2, -0.15) is 0 Å². The molecule has 1 aliphatic heterocycles. The predicted octanol–water partition coefficient (Wildman–Crippen LogP) is 4.52. The molecule has 28 heavy (non-hydrogen) atoms. The number of hydrogen-bond acceptors (Lipinski definition) is 3. The van der Waals surface area contributed by atoms with Gasteiger partial charge in [0, 0.05) is 48.9 Å². The number of ether oxygens (including phenoxy) is 2. The Bertz CT molecular complexity index is 989. The third-order valence-corrected chi connectivity index (χ3v) is 5.57. The third-order valence-electron chi connectivity index (χ3n) is 5.31. The van der Waals surface area contributed by atoms with Crippen molar-refractivity contribution in [2.45, 2.75) is 18.9 Å². The molecule has 1 fully saturated rings. The fraction of sp³-hybridized carbons (Fsp3) is 0.318. The molecule has 0 aliphatic carbocycles. The van der Waals surface area contributed by atoms with E-state index in [1.165, 1.54) is 0 Å². The van der Waals surface area contributed by atoms with E-state index in [0.29, 0.717) is 23.8 Å². The van der Waals surface area contributed by atoms with E-state index in [2.05, 4.69) is 0 Å². The number of halogens is 1. The highest BCUT2D eigenvalue weighted by Crippen LogP contribution is 2.26. The summed E-state index contributed by atoms with van der Waals surface area (Å²) in [5.41, 5.74) is 1.71. The summed E-state index contributed by atoms with van der Waals surface area (Å²) >= 11 is 5.92. The maximum Gasteiger partial charge on any atom is 0.270 e. The molecule has 0 N–H and O–H groups in total. The number of likely N-dealkylation sites (tertiary alicyclic amines) is 1. The molecular formula is C22H23ClN2O3. The van der Waals surface area contributed by atoms with Crippen LogP contribution in [-0.2, 0) is 7.05 Å². The van der Waals surface area contributed by atoms with Crippen molar-refractivity contribution < 1.29 is 14.3 Å². The molecule has 0 saturated carbocycles. The van der Waals surface area contributed by atoms with Crippen molar-refractivity contribution >= 4 is 28.4 Å². The first-order chi connectivity index (χ1) is 13.5. The molecule has 1 saturated heterocycles. The minimum Gasteiger partial charge on any atom is -0.497 e. The second kappa shape index (κ2) is 7.76. The standard InChI is InChI=1S/C22H23ClN2O3/c1-24-20-8-7-19(27-2)13-15(20)14-21(24)22(26)25-11-9-18(10-12-25)28-17-5-3-16(23)4-6-17/h3-8,13-14,18H,9-12H2,1-2H3. The van der Waals surface area contributed by atoms with Gasteiger partial charge >= 0.3 is 0 Å². The number of nitrogens with zero attached hydrogens (tertiary/aromatic N) is 2. The van der Waals surface area contributed by atoms with Crippen molar-refractivity contribution in [1.29, 1.82) is 0 Å². The van der Waals surface area contributed by atoms with Crippen LogP contribution in [0.25, 0.3) is 10.9 Å². The highest BCUT2D eigenvalue weighted by Gasteiger charge is 2.26. The van der Waals surface area contributed by atoms with Gasteiger partial charge in [0.2, 0.25) is 0 Å². The van der Waals surface area contributed by atoms with E-state index in [-0.39, 0.29) is 12.0 Å². The lowest BCUT2D eigenvalue weighted by molar-refractivity contribution is 0.0587. The number of hydrogen-bond donors (Lipinski definition) is 0. The first-order valence-electron chi connectivity index (χ1n) is 9.40. The summed E-state index contributed by atoms with van der Waals surface area (Å²) in [6.45, 7) is 1.36. The van der Waals surface area contributed by atoms with Crippen LogP contribution < -0.4 is 9.47 Å². The fourth-order valence-corrected chi connectivity index (χ4v) is 3.83. The van der Waals surface area contributed by atoms with Gasteiger partial charge in [0.15, 0.2) is 0 Å². The molecule has 4 rings (SSSR count). The lowest BCUT2D eigenvalue weighted by Gasteiger charge is -2.32. The molecule has 1 amide bonds. The summed E-state index contributed by atoms with van der Waals surface area (Å²) in [4.78, 5) is 15.0. The zero-order valence-corrected chi connectivity index (χ0v) is 16.8. The quantitative estimate of drug-likeness (QED) is 0.648. The van der Waals surface area contributed by atoms with Crippen molar-refractivity contribution in [2.75, 3.05) is 20.2 Å². The second-order valence-electron chi connectivity index (χ2n) is 7.08.